The van der Waals surface area contributed by atoms with Crippen LogP contribution >= 0.6 is 0 Å². The normalized spacial score (nSPS) is 11.3. The van der Waals surface area contributed by atoms with Crippen molar-refractivity contribution >= 4 is 17.5 Å². The van der Waals surface area contributed by atoms with Crippen molar-refractivity contribution in [3.05, 3.63) is 71.4 Å². The van der Waals surface area contributed by atoms with Crippen molar-refractivity contribution in [2.24, 2.45) is 0 Å². The van der Waals surface area contributed by atoms with Crippen LogP contribution in [0.3, 0.4) is 0 Å². The smallest absolute Gasteiger partial charge is 0.416 e. The van der Waals surface area contributed by atoms with E-state index >= 15 is 0 Å². The Labute approximate surface area is 163 Å². The summed E-state index contributed by atoms with van der Waals surface area (Å²) in [5, 5.41) is 9.18. The molecule has 29 heavy (non-hydrogen) atoms. The second kappa shape index (κ2) is 8.21. The Hall–Kier alpha value is -3.56. The van der Waals surface area contributed by atoms with Crippen LogP contribution in [0.2, 0.25) is 0 Å². The quantitative estimate of drug-likeness (QED) is 0.653. The fourth-order valence-corrected chi connectivity index (χ4v) is 2.54. The number of alkyl halides is 3. The van der Waals surface area contributed by atoms with Crippen LogP contribution in [0.15, 0.2) is 53.3 Å². The average molecular weight is 406 g/mol. The molecule has 0 radical (unpaired) electrons. The maximum absolute atomic E-state index is 12.9. The first-order valence-corrected chi connectivity index (χ1v) is 8.64. The highest BCUT2D eigenvalue weighted by Crippen LogP contribution is 2.29. The number of amides is 2. The Bertz CT molecular complexity index is 1010. The number of hydrogen-bond acceptors (Lipinski definition) is 4. The van der Waals surface area contributed by atoms with Gasteiger partial charge in [-0.1, -0.05) is 6.07 Å². The number of nitrogens with zero attached hydrogens (tertiary/aromatic N) is 2. The summed E-state index contributed by atoms with van der Waals surface area (Å²) in [6.45, 7) is 2.33. The number of aromatic nitrogens is 2. The molecule has 152 valence electrons. The molecular formula is C19H17F3N4O3. The molecule has 2 heterocycles. The van der Waals surface area contributed by atoms with Crippen LogP contribution < -0.4 is 10.6 Å². The van der Waals surface area contributed by atoms with Crippen LogP contribution in [0.25, 0.3) is 0 Å². The number of anilines is 1. The van der Waals surface area contributed by atoms with Crippen molar-refractivity contribution in [2.75, 3.05) is 5.32 Å². The van der Waals surface area contributed by atoms with E-state index in [1.54, 1.807) is 19.1 Å². The summed E-state index contributed by atoms with van der Waals surface area (Å²) in [5.41, 5.74) is -1.10. The van der Waals surface area contributed by atoms with E-state index < -0.39 is 23.6 Å². The highest BCUT2D eigenvalue weighted by molar-refractivity contribution is 6.08. The topological polar surface area (TPSA) is 89.2 Å². The molecule has 2 amide bonds. The number of furan rings is 1. The number of halogens is 3. The van der Waals surface area contributed by atoms with E-state index in [2.05, 4.69) is 15.7 Å². The molecule has 0 fully saturated rings. The number of nitrogens with one attached hydrogen (secondary N) is 2. The first kappa shape index (κ1) is 20.2. The van der Waals surface area contributed by atoms with Crippen LogP contribution in [0.1, 0.15) is 39.1 Å². The van der Waals surface area contributed by atoms with Crippen molar-refractivity contribution in [2.45, 2.75) is 26.2 Å². The Balaban J connectivity index is 1.79. The Morgan fingerprint density at radius 3 is 2.62 bits per heavy atom. The maximum Gasteiger partial charge on any atom is 0.416 e. The molecule has 10 heteroatoms. The average Bonchev–Trinajstić information content (AvgIpc) is 3.35. The molecular weight excluding hydrogens is 389 g/mol. The number of rotatable bonds is 6. The number of hydrogen-bond donors (Lipinski definition) is 2. The third-order valence-electron chi connectivity index (χ3n) is 4.00. The standard InChI is InChI=1S/C19H17F3N4O3/c1-2-26-11-15(16(25-26)18(28)23-10-14-7-4-8-29-14)24-17(27)12-5-3-6-13(9-12)19(20,21)22/h3-9,11H,2,10H2,1H3,(H,23,28)(H,24,27). The fourth-order valence-electron chi connectivity index (χ4n) is 2.54. The molecule has 0 bridgehead atoms. The lowest BCUT2D eigenvalue weighted by atomic mass is 10.1. The van der Waals surface area contributed by atoms with E-state index in [-0.39, 0.29) is 23.5 Å². The molecule has 3 rings (SSSR count). The number of benzene rings is 1. The minimum Gasteiger partial charge on any atom is -0.467 e. The fraction of sp³-hybridized carbons (Fsp3) is 0.211. The van der Waals surface area contributed by atoms with Gasteiger partial charge in [0.25, 0.3) is 11.8 Å². The molecule has 2 N–H and O–H groups in total. The SMILES string of the molecule is CCn1cc(NC(=O)c2cccc(C(F)(F)F)c2)c(C(=O)NCc2ccco2)n1. The predicted octanol–water partition coefficient (Wildman–Crippen LogP) is 3.70. The minimum absolute atomic E-state index is 0.0567. The van der Waals surface area contributed by atoms with Gasteiger partial charge >= 0.3 is 6.18 Å². The van der Waals surface area contributed by atoms with E-state index in [1.807, 2.05) is 0 Å². The van der Waals surface area contributed by atoms with Gasteiger partial charge in [0.2, 0.25) is 0 Å². The zero-order chi connectivity index (χ0) is 21.0. The summed E-state index contributed by atoms with van der Waals surface area (Å²) in [6, 6.07) is 7.38. The van der Waals surface area contributed by atoms with Gasteiger partial charge in [0, 0.05) is 18.3 Å². The van der Waals surface area contributed by atoms with Crippen molar-refractivity contribution in [3.63, 3.8) is 0 Å². The molecule has 0 spiro atoms. The van der Waals surface area contributed by atoms with Gasteiger partial charge in [0.15, 0.2) is 5.69 Å². The number of aryl methyl sites for hydroxylation is 1. The second-order valence-electron chi connectivity index (χ2n) is 6.04. The zero-order valence-electron chi connectivity index (χ0n) is 15.3. The van der Waals surface area contributed by atoms with Gasteiger partial charge in [-0.2, -0.15) is 18.3 Å². The minimum atomic E-state index is -4.57. The monoisotopic (exact) mass is 406 g/mol. The van der Waals surface area contributed by atoms with Crippen molar-refractivity contribution in [1.82, 2.24) is 15.1 Å². The van der Waals surface area contributed by atoms with Crippen LogP contribution in [0, 0.1) is 0 Å². The first-order chi connectivity index (χ1) is 13.8. The van der Waals surface area contributed by atoms with E-state index in [1.165, 1.54) is 23.2 Å². The van der Waals surface area contributed by atoms with Crippen molar-refractivity contribution in [1.29, 1.82) is 0 Å². The van der Waals surface area contributed by atoms with Gasteiger partial charge in [0.1, 0.15) is 5.76 Å². The molecule has 0 unspecified atom stereocenters. The van der Waals surface area contributed by atoms with Gasteiger partial charge in [-0.15, -0.1) is 0 Å². The molecule has 3 aromatic rings. The summed E-state index contributed by atoms with van der Waals surface area (Å²) in [6.07, 6.45) is -1.67. The summed E-state index contributed by atoms with van der Waals surface area (Å²) in [4.78, 5) is 24.9. The van der Waals surface area contributed by atoms with Gasteiger partial charge < -0.3 is 15.1 Å². The van der Waals surface area contributed by atoms with E-state index in [4.69, 9.17) is 4.42 Å². The summed E-state index contributed by atoms with van der Waals surface area (Å²) in [5.74, 6) is -0.817. The number of carbonyl (C=O) groups is 2. The molecule has 0 aliphatic heterocycles. The first-order valence-electron chi connectivity index (χ1n) is 8.64. The third kappa shape index (κ3) is 4.84. The van der Waals surface area contributed by atoms with Crippen LogP contribution in [0.4, 0.5) is 18.9 Å². The van der Waals surface area contributed by atoms with E-state index in [0.717, 1.165) is 18.2 Å². The van der Waals surface area contributed by atoms with Gasteiger partial charge in [-0.3, -0.25) is 14.3 Å². The lowest BCUT2D eigenvalue weighted by molar-refractivity contribution is -0.137. The van der Waals surface area contributed by atoms with E-state index in [9.17, 15) is 22.8 Å². The van der Waals surface area contributed by atoms with E-state index in [0.29, 0.717) is 12.3 Å². The Morgan fingerprint density at radius 2 is 1.97 bits per heavy atom. The van der Waals surface area contributed by atoms with Gasteiger partial charge in [-0.05, 0) is 37.3 Å². The summed E-state index contributed by atoms with van der Waals surface area (Å²) < 4.78 is 45.2. The lowest BCUT2D eigenvalue weighted by Crippen LogP contribution is -2.25. The molecule has 0 aliphatic carbocycles. The molecule has 0 saturated heterocycles. The summed E-state index contributed by atoms with van der Waals surface area (Å²) in [7, 11) is 0. The molecule has 1 aromatic carbocycles. The zero-order valence-corrected chi connectivity index (χ0v) is 15.3. The van der Waals surface area contributed by atoms with Crippen LogP contribution in [-0.2, 0) is 19.3 Å². The number of carbonyl (C=O) groups excluding carboxylic acids is 2. The lowest BCUT2D eigenvalue weighted by Gasteiger charge is -2.09. The molecule has 7 nitrogen and oxygen atoms in total. The highest BCUT2D eigenvalue weighted by Gasteiger charge is 2.31. The molecule has 0 aliphatic rings. The second-order valence-corrected chi connectivity index (χ2v) is 6.04. The van der Waals surface area contributed by atoms with Gasteiger partial charge in [0.05, 0.1) is 24.1 Å². The van der Waals surface area contributed by atoms with Crippen molar-refractivity contribution < 1.29 is 27.2 Å². The maximum atomic E-state index is 12.9. The van der Waals surface area contributed by atoms with Gasteiger partial charge in [-0.25, -0.2) is 0 Å². The van der Waals surface area contributed by atoms with Crippen molar-refractivity contribution in [3.8, 4) is 0 Å². The highest BCUT2D eigenvalue weighted by atomic mass is 19.4. The van der Waals surface area contributed by atoms with Crippen LogP contribution in [0.5, 0.6) is 0 Å². The summed E-state index contributed by atoms with van der Waals surface area (Å²) >= 11 is 0. The molecule has 0 saturated carbocycles. The molecule has 2 aromatic heterocycles. The molecule has 0 atom stereocenters. The Kier molecular flexibility index (Phi) is 5.71. The third-order valence-corrected chi connectivity index (χ3v) is 4.00. The Morgan fingerprint density at radius 1 is 1.17 bits per heavy atom. The predicted molar refractivity (Wildman–Crippen MR) is 97.2 cm³/mol. The van der Waals surface area contributed by atoms with Crippen LogP contribution in [-0.4, -0.2) is 21.6 Å². The largest absolute Gasteiger partial charge is 0.467 e.